The number of fused-ring (bicyclic) bond motifs is 1. The monoisotopic (exact) mass is 326 g/mol. The van der Waals surface area contributed by atoms with E-state index in [1.807, 2.05) is 24.3 Å². The molecule has 1 heterocycles. The standard InChI is InChI=1S/C17H15FN4O2/c18-12-6-2-1-5-11(12)9-16(23)21-22-17(24)10-15-19-13-7-3-4-8-14(13)20-15/h1-8H,9-10H2,(H,19,20)(H,21,23)(H,22,24). The number of benzene rings is 2. The van der Waals surface area contributed by atoms with Gasteiger partial charge in [0, 0.05) is 0 Å². The van der Waals surface area contributed by atoms with Crippen molar-refractivity contribution < 1.29 is 14.0 Å². The van der Waals surface area contributed by atoms with Crippen molar-refractivity contribution >= 4 is 22.8 Å². The maximum atomic E-state index is 13.5. The van der Waals surface area contributed by atoms with Crippen LogP contribution in [0.3, 0.4) is 0 Å². The highest BCUT2D eigenvalue weighted by Crippen LogP contribution is 2.10. The van der Waals surface area contributed by atoms with Gasteiger partial charge in [-0.25, -0.2) is 9.37 Å². The third-order valence-corrected chi connectivity index (χ3v) is 3.42. The molecule has 3 N–H and O–H groups in total. The molecule has 2 amide bonds. The lowest BCUT2D eigenvalue weighted by molar-refractivity contribution is -0.128. The van der Waals surface area contributed by atoms with E-state index in [2.05, 4.69) is 20.8 Å². The van der Waals surface area contributed by atoms with Gasteiger partial charge >= 0.3 is 0 Å². The number of para-hydroxylation sites is 2. The molecule has 0 atom stereocenters. The molecule has 0 unspecified atom stereocenters. The van der Waals surface area contributed by atoms with Crippen LogP contribution in [0.4, 0.5) is 4.39 Å². The molecule has 0 aliphatic carbocycles. The number of H-pyrrole nitrogens is 1. The van der Waals surface area contributed by atoms with E-state index in [9.17, 15) is 14.0 Å². The molecular formula is C17H15FN4O2. The Morgan fingerprint density at radius 2 is 1.62 bits per heavy atom. The maximum absolute atomic E-state index is 13.5. The van der Waals surface area contributed by atoms with Crippen molar-refractivity contribution in [1.82, 2.24) is 20.8 Å². The Bertz CT molecular complexity index is 858. The SMILES string of the molecule is O=C(Cc1nc2ccccc2[nH]1)NNC(=O)Cc1ccccc1F. The third kappa shape index (κ3) is 3.75. The number of carbonyl (C=O) groups is 2. The highest BCUT2D eigenvalue weighted by atomic mass is 19.1. The number of rotatable bonds is 4. The summed E-state index contributed by atoms with van der Waals surface area (Å²) in [5.41, 5.74) is 6.43. The number of hydrogen-bond donors (Lipinski definition) is 3. The Morgan fingerprint density at radius 3 is 2.38 bits per heavy atom. The van der Waals surface area contributed by atoms with Crippen molar-refractivity contribution in [3.63, 3.8) is 0 Å². The maximum Gasteiger partial charge on any atom is 0.245 e. The van der Waals surface area contributed by atoms with Gasteiger partial charge in [-0.1, -0.05) is 30.3 Å². The molecule has 0 spiro atoms. The number of nitrogens with one attached hydrogen (secondary N) is 3. The number of aromatic amines is 1. The highest BCUT2D eigenvalue weighted by Gasteiger charge is 2.11. The lowest BCUT2D eigenvalue weighted by Crippen LogP contribution is -2.43. The molecule has 0 radical (unpaired) electrons. The first-order valence-corrected chi connectivity index (χ1v) is 7.36. The molecule has 122 valence electrons. The zero-order chi connectivity index (χ0) is 16.9. The second kappa shape index (κ2) is 6.91. The van der Waals surface area contributed by atoms with Crippen LogP contribution in [-0.2, 0) is 22.4 Å². The van der Waals surface area contributed by atoms with Gasteiger partial charge < -0.3 is 4.98 Å². The molecular weight excluding hydrogens is 311 g/mol. The van der Waals surface area contributed by atoms with E-state index in [4.69, 9.17) is 0 Å². The van der Waals surface area contributed by atoms with Crippen LogP contribution in [0.2, 0.25) is 0 Å². The minimum absolute atomic E-state index is 0.00530. The number of aromatic nitrogens is 2. The van der Waals surface area contributed by atoms with Crippen LogP contribution in [-0.4, -0.2) is 21.8 Å². The van der Waals surface area contributed by atoms with E-state index in [1.165, 1.54) is 12.1 Å². The number of carbonyl (C=O) groups excluding carboxylic acids is 2. The van der Waals surface area contributed by atoms with E-state index in [0.717, 1.165) is 11.0 Å². The van der Waals surface area contributed by atoms with Crippen LogP contribution in [0, 0.1) is 5.82 Å². The highest BCUT2D eigenvalue weighted by molar-refractivity contribution is 5.84. The molecule has 0 bridgehead atoms. The summed E-state index contributed by atoms with van der Waals surface area (Å²) in [4.78, 5) is 30.9. The average molecular weight is 326 g/mol. The van der Waals surface area contributed by atoms with Crippen LogP contribution in [0.25, 0.3) is 11.0 Å². The summed E-state index contributed by atoms with van der Waals surface area (Å²) in [7, 11) is 0. The first-order valence-electron chi connectivity index (χ1n) is 7.36. The van der Waals surface area contributed by atoms with Gasteiger partial charge in [-0.3, -0.25) is 20.4 Å². The molecule has 0 aliphatic rings. The molecule has 7 heteroatoms. The van der Waals surface area contributed by atoms with Crippen LogP contribution in [0.5, 0.6) is 0 Å². The molecule has 3 rings (SSSR count). The van der Waals surface area contributed by atoms with Crippen LogP contribution < -0.4 is 10.9 Å². The first-order chi connectivity index (χ1) is 11.6. The number of amides is 2. The Kier molecular flexibility index (Phi) is 4.51. The molecule has 6 nitrogen and oxygen atoms in total. The van der Waals surface area contributed by atoms with Gasteiger partial charge in [0.25, 0.3) is 0 Å². The zero-order valence-corrected chi connectivity index (χ0v) is 12.7. The van der Waals surface area contributed by atoms with E-state index in [-0.39, 0.29) is 18.4 Å². The number of halogens is 1. The summed E-state index contributed by atoms with van der Waals surface area (Å²) < 4.78 is 13.5. The summed E-state index contributed by atoms with van der Waals surface area (Å²) in [6, 6.07) is 13.4. The number of imidazole rings is 1. The Labute approximate surface area is 137 Å². The topological polar surface area (TPSA) is 86.9 Å². The summed E-state index contributed by atoms with van der Waals surface area (Å²) in [6.45, 7) is 0. The van der Waals surface area contributed by atoms with Gasteiger partial charge in [-0.2, -0.15) is 0 Å². The second-order valence-electron chi connectivity index (χ2n) is 5.24. The fraction of sp³-hybridized carbons (Fsp3) is 0.118. The summed E-state index contributed by atoms with van der Waals surface area (Å²) in [5, 5.41) is 0. The smallest absolute Gasteiger partial charge is 0.245 e. The van der Waals surface area contributed by atoms with E-state index < -0.39 is 17.6 Å². The summed E-state index contributed by atoms with van der Waals surface area (Å²) >= 11 is 0. The number of hydrogen-bond acceptors (Lipinski definition) is 3. The molecule has 2 aromatic carbocycles. The van der Waals surface area contributed by atoms with Gasteiger partial charge in [0.05, 0.1) is 23.9 Å². The summed E-state index contributed by atoms with van der Waals surface area (Å²) in [6.07, 6.45) is -0.160. The van der Waals surface area contributed by atoms with Gasteiger partial charge in [0.2, 0.25) is 11.8 Å². The number of nitrogens with zero attached hydrogens (tertiary/aromatic N) is 1. The average Bonchev–Trinajstić information content (AvgIpc) is 2.97. The van der Waals surface area contributed by atoms with E-state index in [1.54, 1.807) is 12.1 Å². The minimum Gasteiger partial charge on any atom is -0.342 e. The Morgan fingerprint density at radius 1 is 0.958 bits per heavy atom. The lowest BCUT2D eigenvalue weighted by Gasteiger charge is -2.07. The fourth-order valence-electron chi connectivity index (χ4n) is 2.28. The van der Waals surface area contributed by atoms with Crippen molar-refractivity contribution in [2.45, 2.75) is 12.8 Å². The quantitative estimate of drug-likeness (QED) is 0.637. The second-order valence-corrected chi connectivity index (χ2v) is 5.24. The predicted molar refractivity (Wildman–Crippen MR) is 86.2 cm³/mol. The minimum atomic E-state index is -0.502. The van der Waals surface area contributed by atoms with Crippen LogP contribution >= 0.6 is 0 Å². The fourth-order valence-corrected chi connectivity index (χ4v) is 2.28. The van der Waals surface area contributed by atoms with Gasteiger partial charge in [0.15, 0.2) is 0 Å². The predicted octanol–water partition coefficient (Wildman–Crippen LogP) is 1.63. The third-order valence-electron chi connectivity index (χ3n) is 3.42. The van der Waals surface area contributed by atoms with Gasteiger partial charge in [-0.05, 0) is 23.8 Å². The molecule has 24 heavy (non-hydrogen) atoms. The van der Waals surface area contributed by atoms with E-state index in [0.29, 0.717) is 5.82 Å². The molecule has 0 saturated carbocycles. The van der Waals surface area contributed by atoms with Crippen molar-refractivity contribution in [2.75, 3.05) is 0 Å². The van der Waals surface area contributed by atoms with Gasteiger partial charge in [-0.15, -0.1) is 0 Å². The molecule has 3 aromatic rings. The number of hydrazine groups is 1. The zero-order valence-electron chi connectivity index (χ0n) is 12.7. The van der Waals surface area contributed by atoms with Crippen molar-refractivity contribution in [2.24, 2.45) is 0 Å². The first kappa shape index (κ1) is 15.7. The Balaban J connectivity index is 1.52. The lowest BCUT2D eigenvalue weighted by atomic mass is 10.1. The normalized spacial score (nSPS) is 10.5. The molecule has 0 fully saturated rings. The molecule has 0 aliphatic heterocycles. The van der Waals surface area contributed by atoms with Gasteiger partial charge in [0.1, 0.15) is 11.6 Å². The molecule has 0 saturated heterocycles. The summed E-state index contributed by atoms with van der Waals surface area (Å²) in [5.74, 6) is -0.882. The Hall–Kier alpha value is -3.22. The van der Waals surface area contributed by atoms with Crippen LogP contribution in [0.1, 0.15) is 11.4 Å². The van der Waals surface area contributed by atoms with E-state index >= 15 is 0 Å². The van der Waals surface area contributed by atoms with Crippen molar-refractivity contribution in [3.05, 3.63) is 65.7 Å². The molecule has 1 aromatic heterocycles. The van der Waals surface area contributed by atoms with Crippen LogP contribution in [0.15, 0.2) is 48.5 Å². The van der Waals surface area contributed by atoms with Crippen molar-refractivity contribution in [3.8, 4) is 0 Å². The largest absolute Gasteiger partial charge is 0.342 e. The van der Waals surface area contributed by atoms with Crippen molar-refractivity contribution in [1.29, 1.82) is 0 Å².